The summed E-state index contributed by atoms with van der Waals surface area (Å²) in [4.78, 5) is 82.0. The van der Waals surface area contributed by atoms with Crippen LogP contribution in [0.3, 0.4) is 0 Å². The van der Waals surface area contributed by atoms with Crippen molar-refractivity contribution in [3.8, 4) is 0 Å². The minimum atomic E-state index is -1.06. The van der Waals surface area contributed by atoms with E-state index in [1.807, 2.05) is 76.2 Å². The van der Waals surface area contributed by atoms with Crippen LogP contribution in [-0.4, -0.2) is 83.3 Å². The lowest BCUT2D eigenvalue weighted by Gasteiger charge is -2.39. The molecule has 4 N–H and O–H groups in total. The summed E-state index contributed by atoms with van der Waals surface area (Å²) >= 11 is 0. The van der Waals surface area contributed by atoms with Gasteiger partial charge in [0.05, 0.1) is 6.04 Å². The molecule has 48 heavy (non-hydrogen) atoms. The van der Waals surface area contributed by atoms with Gasteiger partial charge in [0.15, 0.2) is 0 Å². The average molecular weight is 676 g/mol. The van der Waals surface area contributed by atoms with Gasteiger partial charge in [-0.1, -0.05) is 74.8 Å². The molecule has 12 heteroatoms. The fraction of sp³-hybridized carbons (Fsp3) is 0.778. The Kier molecular flexibility index (Phi) is 13.8. The third-order valence-electron chi connectivity index (χ3n) is 9.42. The van der Waals surface area contributed by atoms with E-state index in [2.05, 4.69) is 27.8 Å². The molecule has 1 saturated heterocycles. The molecule has 0 aromatic carbocycles. The van der Waals surface area contributed by atoms with Gasteiger partial charge >= 0.3 is 12.0 Å². The Morgan fingerprint density at radius 3 is 2.00 bits per heavy atom. The molecule has 2 aliphatic rings. The number of rotatable bonds is 15. The normalized spacial score (nSPS) is 20.3. The lowest BCUT2D eigenvalue weighted by molar-refractivity contribution is -0.162. The van der Waals surface area contributed by atoms with Crippen LogP contribution in [0, 0.1) is 28.6 Å². The standard InChI is InChI=1S/C36H61N5O7/c1-13-15-24(27(42)30(44)37-19-14-2)38-29(43)26-23(34(5,6)7)18-20-41(26)31(45)28(35(8,9)10)40-33(47)39-25(21(3)4)32(46)48-36(11,12)22-16-17-22/h14,21-26,28H,2,13,15-20H2,1,3-12H3,(H,37,44)(H,38,43)(H2,39,40,47)/t23-,24?,25-,26-,28+/m0/s1. The molecule has 0 spiro atoms. The highest BCUT2D eigenvalue weighted by atomic mass is 16.6. The van der Waals surface area contributed by atoms with Crippen LogP contribution < -0.4 is 21.3 Å². The highest BCUT2D eigenvalue weighted by molar-refractivity contribution is 6.38. The summed E-state index contributed by atoms with van der Waals surface area (Å²) in [6, 6.07) is -4.71. The third-order valence-corrected chi connectivity index (χ3v) is 9.42. The number of esters is 1. The maximum atomic E-state index is 14.4. The summed E-state index contributed by atoms with van der Waals surface area (Å²) in [5.74, 6) is -3.35. The van der Waals surface area contributed by atoms with Crippen LogP contribution >= 0.6 is 0 Å². The van der Waals surface area contributed by atoms with Gasteiger partial charge in [0, 0.05) is 13.1 Å². The number of hydrogen-bond donors (Lipinski definition) is 4. The topological polar surface area (TPSA) is 163 Å². The van der Waals surface area contributed by atoms with Crippen LogP contribution in [0.15, 0.2) is 12.7 Å². The second-order valence-corrected chi connectivity index (χ2v) is 16.4. The maximum Gasteiger partial charge on any atom is 0.329 e. The molecular formula is C36H61N5O7. The molecule has 1 saturated carbocycles. The molecule has 1 unspecified atom stereocenters. The Morgan fingerprint density at radius 1 is 0.917 bits per heavy atom. The molecule has 2 fully saturated rings. The number of carbonyl (C=O) groups is 6. The summed E-state index contributed by atoms with van der Waals surface area (Å²) < 4.78 is 5.82. The smallest absolute Gasteiger partial charge is 0.329 e. The van der Waals surface area contributed by atoms with Gasteiger partial charge in [-0.25, -0.2) is 9.59 Å². The number of amides is 5. The zero-order valence-corrected chi connectivity index (χ0v) is 31.1. The van der Waals surface area contributed by atoms with E-state index >= 15 is 0 Å². The number of nitrogens with zero attached hydrogens (tertiary/aromatic N) is 1. The first kappa shape index (κ1) is 40.7. The van der Waals surface area contributed by atoms with Crippen molar-refractivity contribution in [3.63, 3.8) is 0 Å². The number of likely N-dealkylation sites (tertiary alicyclic amines) is 1. The van der Waals surface area contributed by atoms with Gasteiger partial charge in [0.1, 0.15) is 23.7 Å². The van der Waals surface area contributed by atoms with Crippen LogP contribution in [-0.2, 0) is 28.7 Å². The number of hydrogen-bond acceptors (Lipinski definition) is 7. The average Bonchev–Trinajstić information content (AvgIpc) is 3.73. The number of carbonyl (C=O) groups excluding carboxylic acids is 6. The molecular weight excluding hydrogens is 614 g/mol. The first-order valence-corrected chi connectivity index (χ1v) is 17.4. The van der Waals surface area contributed by atoms with Crippen molar-refractivity contribution in [1.29, 1.82) is 0 Å². The number of urea groups is 1. The number of ether oxygens (including phenoxy) is 1. The van der Waals surface area contributed by atoms with E-state index in [9.17, 15) is 28.8 Å². The molecule has 5 atom stereocenters. The van der Waals surface area contributed by atoms with Gasteiger partial charge in [-0.3, -0.25) is 19.2 Å². The molecule has 0 aromatic heterocycles. The summed E-state index contributed by atoms with van der Waals surface area (Å²) in [7, 11) is 0. The minimum Gasteiger partial charge on any atom is -0.458 e. The molecule has 1 aliphatic carbocycles. The Morgan fingerprint density at radius 2 is 1.52 bits per heavy atom. The van der Waals surface area contributed by atoms with Crippen molar-refractivity contribution in [2.24, 2.45) is 28.6 Å². The van der Waals surface area contributed by atoms with E-state index in [0.717, 1.165) is 12.8 Å². The van der Waals surface area contributed by atoms with Crippen molar-refractivity contribution in [3.05, 3.63) is 12.7 Å². The molecule has 272 valence electrons. The predicted molar refractivity (Wildman–Crippen MR) is 185 cm³/mol. The molecule has 12 nitrogen and oxygen atoms in total. The van der Waals surface area contributed by atoms with Crippen LogP contribution in [0.1, 0.15) is 108 Å². The SMILES string of the molecule is C=CCNC(=O)C(=O)C(CCC)NC(=O)[C@@H]1[C@@H](C(C)(C)C)CCN1C(=O)[C@@H](NC(=O)N[C@H](C(=O)OC(C)(C)C1CC1)C(C)C)C(C)(C)C. The van der Waals surface area contributed by atoms with E-state index in [0.29, 0.717) is 18.8 Å². The lowest BCUT2D eigenvalue weighted by Crippen LogP contribution is -2.62. The number of Topliss-reactive ketones (excluding diaryl/α,β-unsaturated/α-hetero) is 1. The number of ketones is 1. The van der Waals surface area contributed by atoms with E-state index in [4.69, 9.17) is 4.74 Å². The van der Waals surface area contributed by atoms with Gasteiger partial charge in [-0.15, -0.1) is 6.58 Å². The summed E-state index contributed by atoms with van der Waals surface area (Å²) in [5, 5.41) is 10.8. The maximum absolute atomic E-state index is 14.4. The Balaban J connectivity index is 2.33. The summed E-state index contributed by atoms with van der Waals surface area (Å²) in [6.07, 6.45) is 4.75. The van der Waals surface area contributed by atoms with E-state index in [1.54, 1.807) is 0 Å². The quantitative estimate of drug-likeness (QED) is 0.116. The lowest BCUT2D eigenvalue weighted by atomic mass is 9.75. The van der Waals surface area contributed by atoms with Gasteiger partial charge < -0.3 is 30.9 Å². The molecule has 2 rings (SSSR count). The summed E-state index contributed by atoms with van der Waals surface area (Å²) in [5.41, 5.74) is -1.80. The zero-order chi connectivity index (χ0) is 36.8. The van der Waals surface area contributed by atoms with Crippen LogP contribution in [0.4, 0.5) is 4.79 Å². The van der Waals surface area contributed by atoms with Crippen molar-refractivity contribution >= 4 is 35.5 Å². The number of nitrogens with one attached hydrogen (secondary N) is 4. The van der Waals surface area contributed by atoms with E-state index in [1.165, 1.54) is 11.0 Å². The van der Waals surface area contributed by atoms with Crippen molar-refractivity contribution in [2.75, 3.05) is 13.1 Å². The Bertz CT molecular complexity index is 1210. The summed E-state index contributed by atoms with van der Waals surface area (Å²) in [6.45, 7) is 24.5. The first-order chi connectivity index (χ1) is 22.1. The van der Waals surface area contributed by atoms with Gasteiger partial charge in [0.2, 0.25) is 17.6 Å². The second-order valence-electron chi connectivity index (χ2n) is 16.4. The molecule has 0 bridgehead atoms. The molecule has 0 radical (unpaired) electrons. The van der Waals surface area contributed by atoms with Crippen molar-refractivity contribution < 1.29 is 33.5 Å². The highest BCUT2D eigenvalue weighted by Crippen LogP contribution is 2.42. The van der Waals surface area contributed by atoms with Crippen LogP contribution in [0.25, 0.3) is 0 Å². The van der Waals surface area contributed by atoms with Crippen LogP contribution in [0.5, 0.6) is 0 Å². The monoisotopic (exact) mass is 675 g/mol. The second kappa shape index (κ2) is 16.3. The highest BCUT2D eigenvalue weighted by Gasteiger charge is 2.50. The Labute approximate surface area is 287 Å². The minimum absolute atomic E-state index is 0.112. The van der Waals surface area contributed by atoms with E-state index < -0.39 is 70.7 Å². The third kappa shape index (κ3) is 10.8. The van der Waals surface area contributed by atoms with E-state index in [-0.39, 0.29) is 36.8 Å². The molecule has 5 amide bonds. The molecule has 1 heterocycles. The van der Waals surface area contributed by atoms with Crippen molar-refractivity contribution in [2.45, 2.75) is 138 Å². The molecule has 1 aliphatic heterocycles. The molecule has 0 aromatic rings. The fourth-order valence-electron chi connectivity index (χ4n) is 6.31. The predicted octanol–water partition coefficient (Wildman–Crippen LogP) is 3.88. The fourth-order valence-corrected chi connectivity index (χ4v) is 6.31. The first-order valence-electron chi connectivity index (χ1n) is 17.4. The van der Waals surface area contributed by atoms with Gasteiger partial charge in [-0.05, 0) is 68.1 Å². The van der Waals surface area contributed by atoms with Gasteiger partial charge in [-0.2, -0.15) is 0 Å². The zero-order valence-electron chi connectivity index (χ0n) is 31.1. The van der Waals surface area contributed by atoms with Crippen molar-refractivity contribution in [1.82, 2.24) is 26.2 Å². The van der Waals surface area contributed by atoms with Gasteiger partial charge in [0.25, 0.3) is 5.91 Å². The van der Waals surface area contributed by atoms with Crippen LogP contribution in [0.2, 0.25) is 0 Å². The Hall–Kier alpha value is -3.44. The largest absolute Gasteiger partial charge is 0.458 e.